The van der Waals surface area contributed by atoms with E-state index in [1.165, 1.54) is 98.1 Å². The molecule has 0 N–H and O–H groups in total. The van der Waals surface area contributed by atoms with E-state index in [1.807, 2.05) is 17.4 Å². The summed E-state index contributed by atoms with van der Waals surface area (Å²) in [4.78, 5) is 3.85. The Bertz CT molecular complexity index is 3090. The Morgan fingerprint density at radius 3 is 2.36 bits per heavy atom. The lowest BCUT2D eigenvalue weighted by Gasteiger charge is -2.28. The Labute approximate surface area is 331 Å². The van der Waals surface area contributed by atoms with Gasteiger partial charge in [-0.25, -0.2) is 0 Å². The van der Waals surface area contributed by atoms with Gasteiger partial charge in [0.1, 0.15) is 0 Å². The number of anilines is 1. The average molecular weight is 737 g/mol. The van der Waals surface area contributed by atoms with Gasteiger partial charge < -0.3 is 9.47 Å². The number of para-hydroxylation sites is 2. The van der Waals surface area contributed by atoms with Crippen molar-refractivity contribution in [1.29, 1.82) is 0 Å². The smallest absolute Gasteiger partial charge is 0.0541 e. The van der Waals surface area contributed by atoms with Crippen LogP contribution in [0.3, 0.4) is 0 Å². The van der Waals surface area contributed by atoms with Gasteiger partial charge in [0.15, 0.2) is 0 Å². The minimum atomic E-state index is 0.403. The third-order valence-corrected chi connectivity index (χ3v) is 13.4. The fourth-order valence-corrected chi connectivity index (χ4v) is 11.0. The molecule has 2 aromatic heterocycles. The fourth-order valence-electron chi connectivity index (χ4n) is 9.70. The number of benzene rings is 6. The van der Waals surface area contributed by atoms with Gasteiger partial charge in [0.2, 0.25) is 0 Å². The number of fused-ring (bicyclic) bond motifs is 7. The van der Waals surface area contributed by atoms with Gasteiger partial charge in [0, 0.05) is 59.7 Å². The molecule has 11 rings (SSSR count). The molecule has 1 aliphatic heterocycles. The van der Waals surface area contributed by atoms with Crippen molar-refractivity contribution in [2.45, 2.75) is 26.2 Å². The van der Waals surface area contributed by atoms with E-state index < -0.39 is 0 Å². The molecule has 1 unspecified atom stereocenters. The number of thiophene rings is 1. The van der Waals surface area contributed by atoms with Gasteiger partial charge >= 0.3 is 0 Å². The molecule has 0 saturated carbocycles. The minimum absolute atomic E-state index is 0.403. The van der Waals surface area contributed by atoms with Crippen LogP contribution in [0.4, 0.5) is 5.69 Å². The predicted octanol–water partition coefficient (Wildman–Crippen LogP) is 14.9. The molecular formula is C53H40N2S. The van der Waals surface area contributed by atoms with Gasteiger partial charge in [-0.1, -0.05) is 122 Å². The molecule has 56 heavy (non-hydrogen) atoms. The van der Waals surface area contributed by atoms with Crippen LogP contribution in [-0.2, 0) is 0 Å². The van der Waals surface area contributed by atoms with Crippen molar-refractivity contribution in [3.8, 4) is 16.8 Å². The molecule has 0 spiro atoms. The summed E-state index contributed by atoms with van der Waals surface area (Å²) in [6.07, 6.45) is 19.0. The van der Waals surface area contributed by atoms with Gasteiger partial charge in [-0.05, 0) is 114 Å². The quantitative estimate of drug-likeness (QED) is 0.165. The zero-order valence-electron chi connectivity index (χ0n) is 31.4. The second-order valence-corrected chi connectivity index (χ2v) is 16.1. The highest BCUT2D eigenvalue weighted by Gasteiger charge is 2.38. The minimum Gasteiger partial charge on any atom is -0.313 e. The van der Waals surface area contributed by atoms with E-state index in [2.05, 4.69) is 187 Å². The van der Waals surface area contributed by atoms with Crippen molar-refractivity contribution in [3.63, 3.8) is 0 Å². The lowest BCUT2D eigenvalue weighted by molar-refractivity contribution is 0.697. The Morgan fingerprint density at radius 2 is 1.48 bits per heavy atom. The lowest BCUT2D eigenvalue weighted by atomic mass is 9.84. The first-order valence-electron chi connectivity index (χ1n) is 19.7. The SMILES string of the molecule is C=Cc1c(/C=C\C)sc2c(-c3cccc4c(N5C6=CC=CCC6C6=C5C=C(c5ccc7c(c5)c5ccccc5n7-c5ccccc5)CC6)cccc34)cccc12. The molecule has 6 aromatic carbocycles. The standard InChI is InChI=1S/C53H40N2S/c1-3-15-52-37(4-2)44-23-13-24-45(53(44)56-52)39-20-12-22-40-38(39)21-14-27-49(40)55-48-26-11-8-18-41(48)43-30-28-35(33-51(43)55)34-29-31-50-46(32-34)42-19-9-10-25-47(42)54(50)36-16-6-5-7-17-36/h3-17,19-27,29,31-33,41H,2,18,28,30H2,1H3/b15-3-. The lowest BCUT2D eigenvalue weighted by Crippen LogP contribution is -2.20. The topological polar surface area (TPSA) is 8.17 Å². The second-order valence-electron chi connectivity index (χ2n) is 15.1. The maximum Gasteiger partial charge on any atom is 0.0541 e. The number of hydrogen-bond acceptors (Lipinski definition) is 2. The second kappa shape index (κ2) is 13.1. The zero-order valence-corrected chi connectivity index (χ0v) is 32.2. The normalized spacial score (nSPS) is 16.7. The Balaban J connectivity index is 1.06. The monoisotopic (exact) mass is 736 g/mol. The number of nitrogens with zero attached hydrogens (tertiary/aromatic N) is 2. The highest BCUT2D eigenvalue weighted by atomic mass is 32.1. The maximum atomic E-state index is 4.18. The molecule has 0 saturated heterocycles. The first kappa shape index (κ1) is 33.0. The Morgan fingerprint density at radius 1 is 0.714 bits per heavy atom. The van der Waals surface area contributed by atoms with Crippen LogP contribution in [0, 0.1) is 5.92 Å². The molecule has 3 heterocycles. The van der Waals surface area contributed by atoms with Crippen molar-refractivity contribution >= 4 is 77.4 Å². The molecule has 2 nitrogen and oxygen atoms in total. The number of aromatic nitrogens is 1. The highest BCUT2D eigenvalue weighted by Crippen LogP contribution is 2.52. The summed E-state index contributed by atoms with van der Waals surface area (Å²) in [7, 11) is 0. The molecule has 0 amide bonds. The van der Waals surface area contributed by atoms with Crippen molar-refractivity contribution in [2.75, 3.05) is 4.90 Å². The molecular weight excluding hydrogens is 697 g/mol. The molecule has 1 atom stereocenters. The van der Waals surface area contributed by atoms with Gasteiger partial charge in [0.05, 0.1) is 16.7 Å². The first-order chi connectivity index (χ1) is 27.7. The maximum absolute atomic E-state index is 4.18. The first-order valence-corrected chi connectivity index (χ1v) is 20.6. The van der Waals surface area contributed by atoms with E-state index in [-0.39, 0.29) is 0 Å². The van der Waals surface area contributed by atoms with E-state index in [0.29, 0.717) is 5.92 Å². The average Bonchev–Trinajstić information content (AvgIpc) is 3.90. The summed E-state index contributed by atoms with van der Waals surface area (Å²) in [6.45, 7) is 6.26. The summed E-state index contributed by atoms with van der Waals surface area (Å²) < 4.78 is 3.71. The molecule has 0 fully saturated rings. The number of rotatable bonds is 6. The summed E-state index contributed by atoms with van der Waals surface area (Å²) in [6, 6.07) is 47.2. The van der Waals surface area contributed by atoms with Crippen LogP contribution in [0.25, 0.3) is 77.2 Å². The van der Waals surface area contributed by atoms with Crippen molar-refractivity contribution < 1.29 is 0 Å². The molecule has 0 radical (unpaired) electrons. The van der Waals surface area contributed by atoms with E-state index in [4.69, 9.17) is 0 Å². The van der Waals surface area contributed by atoms with E-state index >= 15 is 0 Å². The number of hydrogen-bond donors (Lipinski definition) is 0. The van der Waals surface area contributed by atoms with Gasteiger partial charge in [0.25, 0.3) is 0 Å². The van der Waals surface area contributed by atoms with Crippen LogP contribution in [0.5, 0.6) is 0 Å². The van der Waals surface area contributed by atoms with E-state index in [9.17, 15) is 0 Å². The van der Waals surface area contributed by atoms with Crippen molar-refractivity contribution in [1.82, 2.24) is 4.57 Å². The van der Waals surface area contributed by atoms with Crippen LogP contribution >= 0.6 is 11.3 Å². The van der Waals surface area contributed by atoms with Crippen molar-refractivity contribution in [2.24, 2.45) is 5.92 Å². The van der Waals surface area contributed by atoms with Gasteiger partial charge in [-0.15, -0.1) is 11.3 Å². The van der Waals surface area contributed by atoms with Crippen LogP contribution < -0.4 is 4.90 Å². The molecule has 8 aromatic rings. The number of allylic oxidation sites excluding steroid dienone is 7. The largest absolute Gasteiger partial charge is 0.313 e. The van der Waals surface area contributed by atoms with Crippen LogP contribution in [0.1, 0.15) is 42.2 Å². The third-order valence-electron chi connectivity index (χ3n) is 12.1. The summed E-state index contributed by atoms with van der Waals surface area (Å²) in [5, 5.41) is 6.40. The Hall–Kier alpha value is -6.42. The summed E-state index contributed by atoms with van der Waals surface area (Å²) in [5.74, 6) is 0.403. The molecule has 3 aliphatic rings. The van der Waals surface area contributed by atoms with E-state index in [1.54, 1.807) is 5.57 Å². The van der Waals surface area contributed by atoms with E-state index in [0.717, 1.165) is 19.3 Å². The molecule has 3 heteroatoms. The third kappa shape index (κ3) is 4.94. The molecule has 2 aliphatic carbocycles. The van der Waals surface area contributed by atoms with Crippen LogP contribution in [0.15, 0.2) is 181 Å². The zero-order chi connectivity index (χ0) is 37.3. The highest BCUT2D eigenvalue weighted by molar-refractivity contribution is 7.20. The summed E-state index contributed by atoms with van der Waals surface area (Å²) >= 11 is 1.86. The molecule has 268 valence electrons. The van der Waals surface area contributed by atoms with Gasteiger partial charge in [-0.2, -0.15) is 0 Å². The predicted molar refractivity (Wildman–Crippen MR) is 242 cm³/mol. The van der Waals surface area contributed by atoms with Gasteiger partial charge in [-0.3, -0.25) is 0 Å². The summed E-state index contributed by atoms with van der Waals surface area (Å²) in [5.41, 5.74) is 15.7. The molecule has 0 bridgehead atoms. The van der Waals surface area contributed by atoms with Crippen LogP contribution in [0.2, 0.25) is 0 Å². The van der Waals surface area contributed by atoms with Crippen LogP contribution in [-0.4, -0.2) is 4.57 Å². The van der Waals surface area contributed by atoms with Crippen molar-refractivity contribution in [3.05, 3.63) is 197 Å². The Kier molecular flexibility index (Phi) is 7.72. The fraction of sp³-hybridized carbons (Fsp3) is 0.0943.